The maximum Gasteiger partial charge on any atom is 0.226 e. The van der Waals surface area contributed by atoms with Crippen LogP contribution in [0.2, 0.25) is 5.02 Å². The smallest absolute Gasteiger partial charge is 0.226 e. The molecule has 2 aromatic heterocycles. The monoisotopic (exact) mass is 585 g/mol. The number of aromatic nitrogens is 2. The molecule has 0 aliphatic carbocycles. The molecule has 8 heteroatoms. The molecule has 0 bridgehead atoms. The largest absolute Gasteiger partial charge is 0.351 e. The summed E-state index contributed by atoms with van der Waals surface area (Å²) in [7, 11) is 0. The number of para-hydroxylation sites is 1. The van der Waals surface area contributed by atoms with E-state index in [1.165, 1.54) is 16.8 Å². The van der Waals surface area contributed by atoms with Gasteiger partial charge in [0.1, 0.15) is 0 Å². The van der Waals surface area contributed by atoms with Gasteiger partial charge in [-0.1, -0.05) is 56.6 Å². The van der Waals surface area contributed by atoms with Crippen LogP contribution in [0, 0.1) is 26.7 Å². The molecule has 212 valence electrons. The third kappa shape index (κ3) is 5.36. The highest BCUT2D eigenvalue weighted by molar-refractivity contribution is 7.80. The SMILES string of the molecule is CCc1cccc(C)c1-n1c(C)cc([C@@H]2[C@@H](c3ccccn3)NC(=S)N2c2ccc(NC(=O)C(C)C)c(Cl)c2)c1C. The summed E-state index contributed by atoms with van der Waals surface area (Å²) in [5, 5.41) is 7.52. The number of hydrogen-bond donors (Lipinski definition) is 2. The fraction of sp³-hybridized carbons (Fsp3) is 0.303. The predicted molar refractivity (Wildman–Crippen MR) is 172 cm³/mol. The number of pyridine rings is 1. The first kappa shape index (κ1) is 28.8. The van der Waals surface area contributed by atoms with Gasteiger partial charge in [-0.25, -0.2) is 0 Å². The Labute approximate surface area is 252 Å². The number of hydrogen-bond acceptors (Lipinski definition) is 3. The molecule has 3 heterocycles. The number of carbonyl (C=O) groups excluding carboxylic acids is 1. The molecule has 4 aromatic rings. The zero-order valence-electron chi connectivity index (χ0n) is 24.3. The molecule has 1 fully saturated rings. The minimum Gasteiger partial charge on any atom is -0.351 e. The Bertz CT molecular complexity index is 1610. The van der Waals surface area contributed by atoms with Gasteiger partial charge < -0.3 is 20.1 Å². The third-order valence-corrected chi connectivity index (χ3v) is 8.45. The van der Waals surface area contributed by atoms with E-state index in [0.29, 0.717) is 15.8 Å². The van der Waals surface area contributed by atoms with Gasteiger partial charge in [0.2, 0.25) is 5.91 Å². The van der Waals surface area contributed by atoms with Crippen LogP contribution >= 0.6 is 23.8 Å². The van der Waals surface area contributed by atoms with Gasteiger partial charge in [-0.3, -0.25) is 9.78 Å². The van der Waals surface area contributed by atoms with Crippen molar-refractivity contribution in [3.05, 3.63) is 106 Å². The number of benzene rings is 2. The highest BCUT2D eigenvalue weighted by Crippen LogP contribution is 2.45. The standard InChI is InChI=1S/C33H36ClN5OS/c1-7-23-12-10-11-20(4)30(23)38-21(5)17-25(22(38)6)31-29(28-13-8-9-16-35-28)37-33(41)39(31)24-14-15-27(26(34)18-24)36-32(40)19(2)3/h8-19,29,31H,7H2,1-6H3,(H,36,40)(H,37,41)/t29-,31-/m1/s1. The summed E-state index contributed by atoms with van der Waals surface area (Å²) in [5.74, 6) is -0.234. The maximum absolute atomic E-state index is 12.3. The van der Waals surface area contributed by atoms with Crippen LogP contribution in [0.15, 0.2) is 66.9 Å². The van der Waals surface area contributed by atoms with Crippen molar-refractivity contribution in [2.24, 2.45) is 5.92 Å². The van der Waals surface area contributed by atoms with Gasteiger partial charge in [-0.2, -0.15) is 0 Å². The molecule has 2 N–H and O–H groups in total. The van der Waals surface area contributed by atoms with E-state index in [1.807, 2.05) is 56.4 Å². The molecule has 0 spiro atoms. The van der Waals surface area contributed by atoms with Crippen molar-refractivity contribution in [2.75, 3.05) is 10.2 Å². The highest BCUT2D eigenvalue weighted by atomic mass is 35.5. The molecular weight excluding hydrogens is 550 g/mol. The van der Waals surface area contributed by atoms with Crippen LogP contribution in [0.4, 0.5) is 11.4 Å². The van der Waals surface area contributed by atoms with Gasteiger partial charge in [0.25, 0.3) is 0 Å². The van der Waals surface area contributed by atoms with Gasteiger partial charge in [-0.15, -0.1) is 0 Å². The Morgan fingerprint density at radius 3 is 2.54 bits per heavy atom. The lowest BCUT2D eigenvalue weighted by atomic mass is 9.96. The first-order chi connectivity index (χ1) is 19.6. The molecule has 1 saturated heterocycles. The summed E-state index contributed by atoms with van der Waals surface area (Å²) in [6, 6.07) is 20.0. The number of aryl methyl sites for hydroxylation is 3. The van der Waals surface area contributed by atoms with Gasteiger partial charge in [0.05, 0.1) is 34.2 Å². The van der Waals surface area contributed by atoms with Crippen molar-refractivity contribution in [1.82, 2.24) is 14.9 Å². The third-order valence-electron chi connectivity index (χ3n) is 7.83. The summed E-state index contributed by atoms with van der Waals surface area (Å²) in [5.41, 5.74) is 9.57. The Morgan fingerprint density at radius 1 is 1.10 bits per heavy atom. The lowest BCUT2D eigenvalue weighted by Gasteiger charge is -2.29. The molecule has 41 heavy (non-hydrogen) atoms. The molecule has 2 aromatic carbocycles. The number of nitrogens with one attached hydrogen (secondary N) is 2. The number of amides is 1. The fourth-order valence-corrected chi connectivity index (χ4v) is 6.31. The van der Waals surface area contributed by atoms with E-state index in [-0.39, 0.29) is 23.9 Å². The first-order valence-electron chi connectivity index (χ1n) is 14.0. The zero-order valence-corrected chi connectivity index (χ0v) is 25.9. The Morgan fingerprint density at radius 2 is 1.88 bits per heavy atom. The molecule has 6 nitrogen and oxygen atoms in total. The van der Waals surface area contributed by atoms with Crippen LogP contribution < -0.4 is 15.5 Å². The van der Waals surface area contributed by atoms with Crippen molar-refractivity contribution < 1.29 is 4.79 Å². The van der Waals surface area contributed by atoms with Crippen LogP contribution in [0.5, 0.6) is 0 Å². The van der Waals surface area contributed by atoms with Gasteiger partial charge in [-0.05, 0) is 92.5 Å². The van der Waals surface area contributed by atoms with Gasteiger partial charge in [0, 0.05) is 29.2 Å². The second kappa shape index (κ2) is 11.7. The molecule has 1 amide bonds. The van der Waals surface area contributed by atoms with Gasteiger partial charge in [0.15, 0.2) is 5.11 Å². The fourth-order valence-electron chi connectivity index (χ4n) is 5.74. The Hall–Kier alpha value is -3.68. The predicted octanol–water partition coefficient (Wildman–Crippen LogP) is 7.78. The summed E-state index contributed by atoms with van der Waals surface area (Å²) in [4.78, 5) is 19.2. The molecule has 0 radical (unpaired) electrons. The molecule has 0 saturated carbocycles. The Balaban J connectivity index is 1.65. The van der Waals surface area contributed by atoms with Crippen LogP contribution in [-0.2, 0) is 11.2 Å². The minimum absolute atomic E-state index is 0.0822. The van der Waals surface area contributed by atoms with E-state index in [9.17, 15) is 4.79 Å². The minimum atomic E-state index is -0.182. The number of rotatable bonds is 7. The van der Waals surface area contributed by atoms with Gasteiger partial charge >= 0.3 is 0 Å². The number of halogens is 1. The first-order valence-corrected chi connectivity index (χ1v) is 14.8. The molecule has 5 rings (SSSR count). The van der Waals surface area contributed by atoms with E-state index >= 15 is 0 Å². The maximum atomic E-state index is 12.3. The van der Waals surface area contributed by atoms with E-state index in [4.69, 9.17) is 28.8 Å². The zero-order chi connectivity index (χ0) is 29.4. The number of anilines is 2. The molecule has 1 aliphatic heterocycles. The lowest BCUT2D eigenvalue weighted by Crippen LogP contribution is -2.29. The Kier molecular flexibility index (Phi) is 8.20. The second-order valence-electron chi connectivity index (χ2n) is 10.9. The molecule has 1 aliphatic rings. The molecular formula is C33H36ClN5OS. The van der Waals surface area contributed by atoms with Crippen molar-refractivity contribution in [1.29, 1.82) is 0 Å². The summed E-state index contributed by atoms with van der Waals surface area (Å²) >= 11 is 12.7. The van der Waals surface area contributed by atoms with Crippen molar-refractivity contribution in [3.8, 4) is 5.69 Å². The van der Waals surface area contributed by atoms with Crippen molar-refractivity contribution in [2.45, 2.75) is 60.0 Å². The van der Waals surface area contributed by atoms with Crippen LogP contribution in [-0.4, -0.2) is 20.6 Å². The van der Waals surface area contributed by atoms with Crippen LogP contribution in [0.3, 0.4) is 0 Å². The van der Waals surface area contributed by atoms with E-state index in [0.717, 1.165) is 34.8 Å². The normalized spacial score (nSPS) is 16.8. The molecule has 2 atom stereocenters. The van der Waals surface area contributed by atoms with E-state index in [1.54, 1.807) is 0 Å². The van der Waals surface area contributed by atoms with E-state index < -0.39 is 0 Å². The van der Waals surface area contributed by atoms with Crippen molar-refractivity contribution in [3.63, 3.8) is 0 Å². The number of thiocarbonyl (C=S) groups is 1. The summed E-state index contributed by atoms with van der Waals surface area (Å²) < 4.78 is 2.37. The highest BCUT2D eigenvalue weighted by Gasteiger charge is 2.42. The average molecular weight is 586 g/mol. The quantitative estimate of drug-likeness (QED) is 0.217. The average Bonchev–Trinajstić information content (AvgIpc) is 3.44. The summed E-state index contributed by atoms with van der Waals surface area (Å²) in [6.45, 7) is 12.4. The van der Waals surface area contributed by atoms with Crippen LogP contribution in [0.1, 0.15) is 66.6 Å². The van der Waals surface area contributed by atoms with E-state index in [2.05, 4.69) is 72.1 Å². The number of carbonyl (C=O) groups is 1. The second-order valence-corrected chi connectivity index (χ2v) is 11.7. The lowest BCUT2D eigenvalue weighted by molar-refractivity contribution is -0.118. The summed E-state index contributed by atoms with van der Waals surface area (Å²) in [6.07, 6.45) is 2.76. The molecule has 0 unspecified atom stereocenters. The van der Waals surface area contributed by atoms with Crippen LogP contribution in [0.25, 0.3) is 5.69 Å². The number of nitrogens with zero attached hydrogens (tertiary/aromatic N) is 3. The topological polar surface area (TPSA) is 62.2 Å². The van der Waals surface area contributed by atoms with Crippen molar-refractivity contribution >= 4 is 46.2 Å².